The first-order chi connectivity index (χ1) is 25.6. The van der Waals surface area contributed by atoms with E-state index in [1.54, 1.807) is 0 Å². The van der Waals surface area contributed by atoms with Gasteiger partial charge in [-0.15, -0.1) is 0 Å². The average molecular weight is 727 g/mol. The maximum atomic E-state index is 12.2. The molecular formula is C47H82O5. The van der Waals surface area contributed by atoms with Crippen LogP contribution < -0.4 is 0 Å². The van der Waals surface area contributed by atoms with Gasteiger partial charge in [0.05, 0.1) is 6.61 Å². The Balaban J connectivity index is 3.64. The smallest absolute Gasteiger partial charge is 0.306 e. The molecular weight excluding hydrogens is 645 g/mol. The van der Waals surface area contributed by atoms with Crippen molar-refractivity contribution in [3.05, 3.63) is 60.8 Å². The average Bonchev–Trinajstić information content (AvgIpc) is 3.15. The monoisotopic (exact) mass is 727 g/mol. The molecule has 0 unspecified atom stereocenters. The van der Waals surface area contributed by atoms with E-state index in [4.69, 9.17) is 9.47 Å². The van der Waals surface area contributed by atoms with Crippen molar-refractivity contribution in [2.75, 3.05) is 13.2 Å². The van der Waals surface area contributed by atoms with E-state index in [1.165, 1.54) is 128 Å². The van der Waals surface area contributed by atoms with E-state index in [9.17, 15) is 14.7 Å². The van der Waals surface area contributed by atoms with Crippen LogP contribution in [0, 0.1) is 0 Å². The number of aliphatic hydroxyl groups is 1. The van der Waals surface area contributed by atoms with Crippen molar-refractivity contribution >= 4 is 11.9 Å². The zero-order valence-corrected chi connectivity index (χ0v) is 34.1. The normalized spacial score (nSPS) is 12.8. The van der Waals surface area contributed by atoms with Gasteiger partial charge in [0.1, 0.15) is 6.61 Å². The number of carbonyl (C=O) groups is 2. The molecule has 0 amide bonds. The quantitative estimate of drug-likeness (QED) is 0.0388. The summed E-state index contributed by atoms with van der Waals surface area (Å²) >= 11 is 0. The maximum Gasteiger partial charge on any atom is 0.306 e. The van der Waals surface area contributed by atoms with Crippen LogP contribution in [0.5, 0.6) is 0 Å². The number of esters is 2. The Morgan fingerprint density at radius 1 is 0.442 bits per heavy atom. The van der Waals surface area contributed by atoms with Crippen LogP contribution in [0.1, 0.15) is 206 Å². The topological polar surface area (TPSA) is 72.8 Å². The first-order valence-electron chi connectivity index (χ1n) is 21.8. The summed E-state index contributed by atoms with van der Waals surface area (Å²) in [7, 11) is 0. The zero-order valence-electron chi connectivity index (χ0n) is 34.1. The van der Waals surface area contributed by atoms with Crippen LogP contribution in [-0.4, -0.2) is 36.4 Å². The third kappa shape index (κ3) is 40.4. The fourth-order valence-corrected chi connectivity index (χ4v) is 6.01. The molecule has 0 heterocycles. The number of hydrogen-bond donors (Lipinski definition) is 1. The van der Waals surface area contributed by atoms with Crippen LogP contribution >= 0.6 is 0 Å². The lowest BCUT2D eigenvalue weighted by atomic mass is 10.0. The van der Waals surface area contributed by atoms with Crippen molar-refractivity contribution in [1.29, 1.82) is 0 Å². The van der Waals surface area contributed by atoms with Crippen molar-refractivity contribution in [2.24, 2.45) is 0 Å². The predicted octanol–water partition coefficient (Wildman–Crippen LogP) is 14.0. The highest BCUT2D eigenvalue weighted by molar-refractivity contribution is 5.70. The fourth-order valence-electron chi connectivity index (χ4n) is 6.01. The molecule has 5 nitrogen and oxygen atoms in total. The highest BCUT2D eigenvalue weighted by Crippen LogP contribution is 2.15. The molecule has 0 aliphatic rings. The first-order valence-corrected chi connectivity index (χ1v) is 21.8. The summed E-state index contributed by atoms with van der Waals surface area (Å²) in [5.41, 5.74) is 0. The van der Waals surface area contributed by atoms with Crippen molar-refractivity contribution in [3.63, 3.8) is 0 Å². The van der Waals surface area contributed by atoms with Crippen molar-refractivity contribution < 1.29 is 24.2 Å². The summed E-state index contributed by atoms with van der Waals surface area (Å²) in [6.07, 6.45) is 55.9. The molecule has 1 atom stereocenters. The number of hydrogen-bond acceptors (Lipinski definition) is 5. The van der Waals surface area contributed by atoms with Crippen molar-refractivity contribution in [2.45, 2.75) is 213 Å². The highest BCUT2D eigenvalue weighted by atomic mass is 16.6. The zero-order chi connectivity index (χ0) is 37.8. The lowest BCUT2D eigenvalue weighted by Crippen LogP contribution is -2.28. The van der Waals surface area contributed by atoms with Gasteiger partial charge in [0.15, 0.2) is 6.10 Å². The standard InChI is InChI=1S/C47H82O5/c1-3-5-7-9-11-13-15-17-19-21-23-25-27-29-31-33-35-37-39-41-46(49)51-44-45(43-48)52-47(50)42-40-38-36-34-32-30-28-26-24-22-20-18-16-14-12-10-8-6-4-2/h11,13,17,19,23,25,29,31,35,37,45,48H,3-10,12,14-16,18,20-22,24,26-28,30,32-34,36,38-44H2,1-2H3/t45-/m0/s1. The largest absolute Gasteiger partial charge is 0.462 e. The van der Waals surface area contributed by atoms with E-state index in [0.717, 1.165) is 44.9 Å². The van der Waals surface area contributed by atoms with Crippen molar-refractivity contribution in [3.8, 4) is 0 Å². The van der Waals surface area contributed by atoms with E-state index >= 15 is 0 Å². The number of rotatable bonds is 39. The van der Waals surface area contributed by atoms with E-state index in [1.807, 2.05) is 12.2 Å². The van der Waals surface area contributed by atoms with E-state index in [0.29, 0.717) is 12.8 Å². The van der Waals surface area contributed by atoms with Gasteiger partial charge < -0.3 is 14.6 Å². The van der Waals surface area contributed by atoms with Crippen molar-refractivity contribution in [1.82, 2.24) is 0 Å². The van der Waals surface area contributed by atoms with Gasteiger partial charge in [-0.1, -0.05) is 203 Å². The van der Waals surface area contributed by atoms with E-state index in [2.05, 4.69) is 62.5 Å². The third-order valence-electron chi connectivity index (χ3n) is 9.33. The Bertz CT molecular complexity index is 915. The minimum absolute atomic E-state index is 0.105. The first kappa shape index (κ1) is 49.6. The van der Waals surface area contributed by atoms with Crippen LogP contribution in [0.3, 0.4) is 0 Å². The molecule has 0 radical (unpaired) electrons. The molecule has 0 rings (SSSR count). The fraction of sp³-hybridized carbons (Fsp3) is 0.745. The minimum Gasteiger partial charge on any atom is -0.462 e. The van der Waals surface area contributed by atoms with Gasteiger partial charge in [0, 0.05) is 12.8 Å². The van der Waals surface area contributed by atoms with Crippen LogP contribution in [0.25, 0.3) is 0 Å². The second-order valence-electron chi connectivity index (χ2n) is 14.4. The Morgan fingerprint density at radius 3 is 1.23 bits per heavy atom. The van der Waals surface area contributed by atoms with Crippen LogP contribution in [0.15, 0.2) is 60.8 Å². The highest BCUT2D eigenvalue weighted by Gasteiger charge is 2.15. The molecule has 5 heteroatoms. The molecule has 0 aromatic heterocycles. The Morgan fingerprint density at radius 2 is 0.808 bits per heavy atom. The summed E-state index contributed by atoms with van der Waals surface area (Å²) in [5, 5.41) is 9.57. The Hall–Kier alpha value is -2.40. The number of carbonyl (C=O) groups excluding carboxylic acids is 2. The molecule has 0 aromatic rings. The number of aliphatic hydroxyl groups excluding tert-OH is 1. The molecule has 0 aliphatic carbocycles. The summed E-state index contributed by atoms with van der Waals surface area (Å²) in [6.45, 7) is 4.06. The third-order valence-corrected chi connectivity index (χ3v) is 9.33. The molecule has 0 saturated carbocycles. The molecule has 52 heavy (non-hydrogen) atoms. The van der Waals surface area contributed by atoms with Gasteiger partial charge in [0.25, 0.3) is 0 Å². The van der Waals surface area contributed by atoms with Crippen LogP contribution in [-0.2, 0) is 19.1 Å². The van der Waals surface area contributed by atoms with Gasteiger partial charge in [-0.3, -0.25) is 9.59 Å². The SMILES string of the molecule is CCCCCC=CCC=CCC=CCC=CCC=CCCC(=O)OC[C@H](CO)OC(=O)CCCCCCCCCCCCCCCCCCCCC. The summed E-state index contributed by atoms with van der Waals surface area (Å²) in [6, 6.07) is 0. The van der Waals surface area contributed by atoms with Gasteiger partial charge in [0.2, 0.25) is 0 Å². The predicted molar refractivity (Wildman–Crippen MR) is 223 cm³/mol. The molecule has 0 spiro atoms. The maximum absolute atomic E-state index is 12.2. The number of allylic oxidation sites excluding steroid dienone is 10. The van der Waals surface area contributed by atoms with Gasteiger partial charge in [-0.05, 0) is 51.4 Å². The van der Waals surface area contributed by atoms with Gasteiger partial charge in [-0.25, -0.2) is 0 Å². The molecule has 1 N–H and O–H groups in total. The summed E-state index contributed by atoms with van der Waals surface area (Å²) in [4.78, 5) is 24.3. The molecule has 0 aromatic carbocycles. The van der Waals surface area contributed by atoms with Crippen LogP contribution in [0.2, 0.25) is 0 Å². The van der Waals surface area contributed by atoms with E-state index in [-0.39, 0.29) is 31.6 Å². The van der Waals surface area contributed by atoms with Gasteiger partial charge in [-0.2, -0.15) is 0 Å². The number of unbranched alkanes of at least 4 members (excludes halogenated alkanes) is 21. The summed E-state index contributed by atoms with van der Waals surface area (Å²) < 4.78 is 10.6. The Kier molecular flexibility index (Phi) is 41.0. The molecule has 0 bridgehead atoms. The van der Waals surface area contributed by atoms with Gasteiger partial charge >= 0.3 is 11.9 Å². The lowest BCUT2D eigenvalue weighted by Gasteiger charge is -2.15. The second-order valence-corrected chi connectivity index (χ2v) is 14.4. The minimum atomic E-state index is -0.801. The molecule has 0 fully saturated rings. The number of ether oxygens (including phenoxy) is 2. The lowest BCUT2D eigenvalue weighted by molar-refractivity contribution is -0.161. The summed E-state index contributed by atoms with van der Waals surface area (Å²) in [5.74, 6) is -0.683. The molecule has 300 valence electrons. The Labute approximate surface area is 321 Å². The van der Waals surface area contributed by atoms with Crippen LogP contribution in [0.4, 0.5) is 0 Å². The molecule has 0 aliphatic heterocycles. The molecule has 0 saturated heterocycles. The van der Waals surface area contributed by atoms with E-state index < -0.39 is 6.10 Å². The second kappa shape index (κ2) is 43.0.